The number of rotatable bonds is 3. The summed E-state index contributed by atoms with van der Waals surface area (Å²) in [5.41, 5.74) is 1.22. The predicted molar refractivity (Wildman–Crippen MR) is 71.1 cm³/mol. The lowest BCUT2D eigenvalue weighted by molar-refractivity contribution is 0.189. The highest BCUT2D eigenvalue weighted by atomic mass is 16.2. The second kappa shape index (κ2) is 4.63. The third-order valence-electron chi connectivity index (χ3n) is 4.24. The highest BCUT2D eigenvalue weighted by Gasteiger charge is 2.43. The molecule has 1 aromatic carbocycles. The molecule has 96 valence electrons. The van der Waals surface area contributed by atoms with Gasteiger partial charge in [0.25, 0.3) is 0 Å². The first-order valence-electron chi connectivity index (χ1n) is 6.87. The maximum atomic E-state index is 12.3. The number of urea groups is 1. The normalized spacial score (nSPS) is 26.8. The first-order chi connectivity index (χ1) is 8.78. The number of hydrogen-bond donors (Lipinski definition) is 0. The summed E-state index contributed by atoms with van der Waals surface area (Å²) >= 11 is 0. The number of benzene rings is 1. The van der Waals surface area contributed by atoms with Crippen molar-refractivity contribution in [3.63, 3.8) is 0 Å². The minimum absolute atomic E-state index is 0.236. The van der Waals surface area contributed by atoms with Gasteiger partial charge in [-0.05, 0) is 17.9 Å². The molecule has 2 aliphatic rings. The Balaban J connectivity index is 1.66. The van der Waals surface area contributed by atoms with Crippen molar-refractivity contribution in [3.05, 3.63) is 35.9 Å². The Hall–Kier alpha value is -1.51. The molecule has 0 spiro atoms. The van der Waals surface area contributed by atoms with Crippen LogP contribution in [0.5, 0.6) is 0 Å². The Morgan fingerprint density at radius 2 is 2.00 bits per heavy atom. The molecule has 3 heteroatoms. The smallest absolute Gasteiger partial charge is 0.320 e. The van der Waals surface area contributed by atoms with E-state index in [2.05, 4.69) is 24.0 Å². The van der Waals surface area contributed by atoms with E-state index in [1.807, 2.05) is 23.1 Å². The minimum Gasteiger partial charge on any atom is -0.320 e. The molecular formula is C15H20N2O. The van der Waals surface area contributed by atoms with Crippen molar-refractivity contribution in [2.45, 2.75) is 32.4 Å². The molecule has 2 unspecified atom stereocenters. The third kappa shape index (κ3) is 1.98. The van der Waals surface area contributed by atoms with E-state index in [-0.39, 0.29) is 6.03 Å². The van der Waals surface area contributed by atoms with Gasteiger partial charge in [-0.25, -0.2) is 4.79 Å². The number of nitrogens with zero attached hydrogens (tertiary/aromatic N) is 2. The van der Waals surface area contributed by atoms with Crippen LogP contribution < -0.4 is 0 Å². The number of carbonyl (C=O) groups is 1. The van der Waals surface area contributed by atoms with Gasteiger partial charge >= 0.3 is 6.03 Å². The lowest BCUT2D eigenvalue weighted by Gasteiger charge is -2.18. The lowest BCUT2D eigenvalue weighted by atomic mass is 10.0. The molecule has 2 atom stereocenters. The van der Waals surface area contributed by atoms with Crippen molar-refractivity contribution < 1.29 is 4.79 Å². The van der Waals surface area contributed by atoms with Gasteiger partial charge in [-0.2, -0.15) is 0 Å². The van der Waals surface area contributed by atoms with Crippen LogP contribution in [0.3, 0.4) is 0 Å². The van der Waals surface area contributed by atoms with E-state index < -0.39 is 0 Å². The summed E-state index contributed by atoms with van der Waals surface area (Å²) in [6.07, 6.45) is 2.38. The molecule has 0 aromatic heterocycles. The molecule has 0 N–H and O–H groups in total. The fourth-order valence-corrected chi connectivity index (χ4v) is 3.17. The molecule has 2 amide bonds. The zero-order chi connectivity index (χ0) is 12.5. The predicted octanol–water partition coefficient (Wildman–Crippen LogP) is 2.72. The summed E-state index contributed by atoms with van der Waals surface area (Å²) < 4.78 is 0. The maximum absolute atomic E-state index is 12.3. The fourth-order valence-electron chi connectivity index (χ4n) is 3.17. The van der Waals surface area contributed by atoms with E-state index >= 15 is 0 Å². The molecule has 0 radical (unpaired) electrons. The Kier molecular flexibility index (Phi) is 2.98. The Morgan fingerprint density at radius 1 is 1.22 bits per heavy atom. The van der Waals surface area contributed by atoms with Crippen LogP contribution in [-0.2, 0) is 6.54 Å². The first kappa shape index (κ1) is 11.6. The topological polar surface area (TPSA) is 23.6 Å². The molecule has 2 aliphatic heterocycles. The summed E-state index contributed by atoms with van der Waals surface area (Å²) in [6.45, 7) is 4.85. The minimum atomic E-state index is 0.236. The molecule has 18 heavy (non-hydrogen) atoms. The summed E-state index contributed by atoms with van der Waals surface area (Å²) in [7, 11) is 0. The average Bonchev–Trinajstić information content (AvgIpc) is 2.92. The van der Waals surface area contributed by atoms with Gasteiger partial charge in [0, 0.05) is 19.6 Å². The fraction of sp³-hybridized carbons (Fsp3) is 0.533. The standard InChI is InChI=1S/C15H20N2O/c1-2-12-8-14-11-16(15(18)17(14)10-12)9-13-6-4-3-5-7-13/h3-7,12,14H,2,8-11H2,1H3. The molecule has 1 aromatic rings. The van der Waals surface area contributed by atoms with Crippen LogP contribution in [0.4, 0.5) is 4.79 Å². The van der Waals surface area contributed by atoms with Crippen molar-refractivity contribution in [1.29, 1.82) is 0 Å². The first-order valence-corrected chi connectivity index (χ1v) is 6.87. The van der Waals surface area contributed by atoms with Gasteiger partial charge in [-0.1, -0.05) is 43.7 Å². The summed E-state index contributed by atoms with van der Waals surface area (Å²) in [4.78, 5) is 16.4. The van der Waals surface area contributed by atoms with Crippen molar-refractivity contribution in [2.24, 2.45) is 5.92 Å². The quantitative estimate of drug-likeness (QED) is 0.802. The average molecular weight is 244 g/mol. The zero-order valence-corrected chi connectivity index (χ0v) is 10.9. The molecule has 2 saturated heterocycles. The highest BCUT2D eigenvalue weighted by Crippen LogP contribution is 2.32. The van der Waals surface area contributed by atoms with Crippen LogP contribution in [0.25, 0.3) is 0 Å². The van der Waals surface area contributed by atoms with Crippen molar-refractivity contribution >= 4 is 6.03 Å². The van der Waals surface area contributed by atoms with E-state index in [0.29, 0.717) is 6.04 Å². The molecule has 0 aliphatic carbocycles. The van der Waals surface area contributed by atoms with Crippen LogP contribution in [-0.4, -0.2) is 35.0 Å². The molecule has 0 saturated carbocycles. The van der Waals surface area contributed by atoms with E-state index in [4.69, 9.17) is 0 Å². The van der Waals surface area contributed by atoms with Gasteiger partial charge in [-0.3, -0.25) is 0 Å². The van der Waals surface area contributed by atoms with E-state index in [9.17, 15) is 4.79 Å². The van der Waals surface area contributed by atoms with Gasteiger partial charge in [-0.15, -0.1) is 0 Å². The Morgan fingerprint density at radius 3 is 2.67 bits per heavy atom. The molecular weight excluding hydrogens is 224 g/mol. The van der Waals surface area contributed by atoms with Crippen LogP contribution in [0.2, 0.25) is 0 Å². The second-order valence-electron chi connectivity index (χ2n) is 5.46. The van der Waals surface area contributed by atoms with Gasteiger partial charge in [0.15, 0.2) is 0 Å². The zero-order valence-electron chi connectivity index (χ0n) is 10.9. The third-order valence-corrected chi connectivity index (χ3v) is 4.24. The molecule has 0 bridgehead atoms. The number of carbonyl (C=O) groups excluding carboxylic acids is 1. The monoisotopic (exact) mass is 244 g/mol. The molecule has 3 nitrogen and oxygen atoms in total. The van der Waals surface area contributed by atoms with Gasteiger partial charge in [0.05, 0.1) is 6.04 Å². The number of fused-ring (bicyclic) bond motifs is 1. The largest absolute Gasteiger partial charge is 0.320 e. The van der Waals surface area contributed by atoms with Gasteiger partial charge < -0.3 is 9.80 Å². The SMILES string of the molecule is CCC1CC2CN(Cc3ccccc3)C(=O)N2C1. The van der Waals surface area contributed by atoms with Crippen molar-refractivity contribution in [2.75, 3.05) is 13.1 Å². The van der Waals surface area contributed by atoms with Gasteiger partial charge in [0.1, 0.15) is 0 Å². The van der Waals surface area contributed by atoms with Crippen molar-refractivity contribution in [3.8, 4) is 0 Å². The summed E-state index contributed by atoms with van der Waals surface area (Å²) in [5, 5.41) is 0. The molecule has 2 heterocycles. The highest BCUT2D eigenvalue weighted by molar-refractivity contribution is 5.77. The second-order valence-corrected chi connectivity index (χ2v) is 5.46. The summed E-state index contributed by atoms with van der Waals surface area (Å²) in [5.74, 6) is 0.720. The van der Waals surface area contributed by atoms with Crippen molar-refractivity contribution in [1.82, 2.24) is 9.80 Å². The van der Waals surface area contributed by atoms with Crippen LogP contribution >= 0.6 is 0 Å². The maximum Gasteiger partial charge on any atom is 0.320 e. The number of hydrogen-bond acceptors (Lipinski definition) is 1. The number of amides is 2. The van der Waals surface area contributed by atoms with Crippen LogP contribution in [0.1, 0.15) is 25.3 Å². The lowest BCUT2D eigenvalue weighted by Crippen LogP contribution is -2.32. The Labute approximate surface area is 108 Å². The molecule has 3 rings (SSSR count). The van der Waals surface area contributed by atoms with E-state index in [0.717, 1.165) is 25.6 Å². The van der Waals surface area contributed by atoms with Gasteiger partial charge in [0.2, 0.25) is 0 Å². The molecule has 2 fully saturated rings. The van der Waals surface area contributed by atoms with E-state index in [1.165, 1.54) is 18.4 Å². The Bertz CT molecular complexity index is 431. The van der Waals surface area contributed by atoms with Crippen LogP contribution in [0.15, 0.2) is 30.3 Å². The summed E-state index contributed by atoms with van der Waals surface area (Å²) in [6, 6.07) is 11.0. The van der Waals surface area contributed by atoms with E-state index in [1.54, 1.807) is 0 Å². The van der Waals surface area contributed by atoms with Crippen LogP contribution in [0, 0.1) is 5.92 Å².